The van der Waals surface area contributed by atoms with Crippen molar-refractivity contribution in [1.29, 1.82) is 0 Å². The summed E-state index contributed by atoms with van der Waals surface area (Å²) in [7, 11) is 1.47. The number of furan rings is 1. The second-order valence-corrected chi connectivity index (χ2v) is 3.69. The van der Waals surface area contributed by atoms with Crippen molar-refractivity contribution in [1.82, 2.24) is 0 Å². The monoisotopic (exact) mass is 236 g/mol. The lowest BCUT2D eigenvalue weighted by molar-refractivity contribution is 0.166. The van der Waals surface area contributed by atoms with Crippen LogP contribution in [0, 0.1) is 5.82 Å². The van der Waals surface area contributed by atoms with Gasteiger partial charge in [-0.25, -0.2) is 4.39 Å². The highest BCUT2D eigenvalue weighted by atomic mass is 19.1. The van der Waals surface area contributed by atoms with Crippen molar-refractivity contribution in [2.24, 2.45) is 0 Å². The molecule has 1 aromatic heterocycles. The van der Waals surface area contributed by atoms with Gasteiger partial charge in [-0.3, -0.25) is 0 Å². The van der Waals surface area contributed by atoms with E-state index in [0.29, 0.717) is 11.5 Å². The summed E-state index contributed by atoms with van der Waals surface area (Å²) in [5.41, 5.74) is 0.238. The van der Waals surface area contributed by atoms with Crippen LogP contribution in [0.1, 0.15) is 17.4 Å². The quantitative estimate of drug-likeness (QED) is 0.887. The van der Waals surface area contributed by atoms with Crippen molar-refractivity contribution in [3.63, 3.8) is 0 Å². The standard InChI is InChI=1S/C13H13FO3/c1-16-9-4-5-11(12(14)7-9)13(15)8-10-3-2-6-17-10/h2-7,13,15H,8H2,1H3. The molecule has 0 aliphatic rings. The van der Waals surface area contributed by atoms with E-state index in [1.807, 2.05) is 0 Å². The van der Waals surface area contributed by atoms with Crippen molar-refractivity contribution >= 4 is 0 Å². The van der Waals surface area contributed by atoms with E-state index < -0.39 is 11.9 Å². The van der Waals surface area contributed by atoms with Crippen molar-refractivity contribution in [3.8, 4) is 5.75 Å². The minimum atomic E-state index is -0.924. The van der Waals surface area contributed by atoms with Gasteiger partial charge in [-0.05, 0) is 24.3 Å². The topological polar surface area (TPSA) is 42.6 Å². The minimum Gasteiger partial charge on any atom is -0.497 e. The van der Waals surface area contributed by atoms with E-state index in [0.717, 1.165) is 0 Å². The van der Waals surface area contributed by atoms with Crippen LogP contribution in [-0.2, 0) is 6.42 Å². The zero-order chi connectivity index (χ0) is 12.3. The zero-order valence-electron chi connectivity index (χ0n) is 9.39. The van der Waals surface area contributed by atoms with E-state index in [4.69, 9.17) is 9.15 Å². The van der Waals surface area contributed by atoms with Gasteiger partial charge in [0.2, 0.25) is 0 Å². The summed E-state index contributed by atoms with van der Waals surface area (Å²) in [4.78, 5) is 0. The lowest BCUT2D eigenvalue weighted by Gasteiger charge is -2.11. The van der Waals surface area contributed by atoms with Crippen LogP contribution in [0.5, 0.6) is 5.75 Å². The molecule has 2 aromatic rings. The molecule has 1 aromatic carbocycles. The maximum absolute atomic E-state index is 13.6. The lowest BCUT2D eigenvalue weighted by Crippen LogP contribution is -2.04. The summed E-state index contributed by atoms with van der Waals surface area (Å²) in [6, 6.07) is 7.85. The molecule has 0 aliphatic heterocycles. The summed E-state index contributed by atoms with van der Waals surface area (Å²) in [5.74, 6) is 0.563. The summed E-state index contributed by atoms with van der Waals surface area (Å²) in [6.07, 6.45) is 0.843. The summed E-state index contributed by atoms with van der Waals surface area (Å²) < 4.78 is 23.6. The molecule has 0 bridgehead atoms. The van der Waals surface area contributed by atoms with Crippen molar-refractivity contribution in [2.45, 2.75) is 12.5 Å². The predicted molar refractivity (Wildman–Crippen MR) is 60.3 cm³/mol. The summed E-state index contributed by atoms with van der Waals surface area (Å²) in [5, 5.41) is 9.90. The van der Waals surface area contributed by atoms with Crippen molar-refractivity contribution in [2.75, 3.05) is 7.11 Å². The molecule has 0 spiro atoms. The Hall–Kier alpha value is -1.81. The highest BCUT2D eigenvalue weighted by Crippen LogP contribution is 2.24. The Morgan fingerprint density at radius 1 is 1.41 bits per heavy atom. The Labute approximate surface area is 98.5 Å². The molecular formula is C13H13FO3. The smallest absolute Gasteiger partial charge is 0.132 e. The van der Waals surface area contributed by atoms with Gasteiger partial charge in [0.15, 0.2) is 0 Å². The molecule has 0 radical (unpaired) electrons. The van der Waals surface area contributed by atoms with Crippen LogP contribution in [0.2, 0.25) is 0 Å². The Bertz CT molecular complexity index is 479. The number of ether oxygens (including phenoxy) is 1. The fourth-order valence-electron chi connectivity index (χ4n) is 1.63. The van der Waals surface area contributed by atoms with Gasteiger partial charge in [0.05, 0.1) is 19.5 Å². The van der Waals surface area contributed by atoms with E-state index in [1.165, 1.54) is 25.5 Å². The van der Waals surface area contributed by atoms with E-state index in [-0.39, 0.29) is 12.0 Å². The lowest BCUT2D eigenvalue weighted by atomic mass is 10.0. The number of aliphatic hydroxyl groups excluding tert-OH is 1. The molecule has 0 fully saturated rings. The first-order chi connectivity index (χ1) is 8.20. The molecule has 0 aliphatic carbocycles. The molecule has 0 amide bonds. The number of rotatable bonds is 4. The zero-order valence-corrected chi connectivity index (χ0v) is 9.39. The first-order valence-corrected chi connectivity index (χ1v) is 5.24. The maximum Gasteiger partial charge on any atom is 0.132 e. The van der Waals surface area contributed by atoms with Gasteiger partial charge in [-0.15, -0.1) is 0 Å². The first-order valence-electron chi connectivity index (χ1n) is 5.24. The highest BCUT2D eigenvalue weighted by Gasteiger charge is 2.15. The second kappa shape index (κ2) is 5.01. The molecule has 1 heterocycles. The third-order valence-electron chi connectivity index (χ3n) is 2.54. The fraction of sp³-hybridized carbons (Fsp3) is 0.231. The average Bonchev–Trinajstić information content (AvgIpc) is 2.81. The van der Waals surface area contributed by atoms with Crippen LogP contribution in [-0.4, -0.2) is 12.2 Å². The Kier molecular flexibility index (Phi) is 3.44. The number of halogens is 1. The Balaban J connectivity index is 2.16. The number of hydrogen-bond donors (Lipinski definition) is 1. The fourth-order valence-corrected chi connectivity index (χ4v) is 1.63. The molecular weight excluding hydrogens is 223 g/mol. The molecule has 1 unspecified atom stereocenters. The van der Waals surface area contributed by atoms with E-state index in [2.05, 4.69) is 0 Å². The Morgan fingerprint density at radius 3 is 2.82 bits per heavy atom. The van der Waals surface area contributed by atoms with Gasteiger partial charge in [0.1, 0.15) is 17.3 Å². The van der Waals surface area contributed by atoms with Crippen LogP contribution in [0.25, 0.3) is 0 Å². The Morgan fingerprint density at radius 2 is 2.24 bits per heavy atom. The first kappa shape index (κ1) is 11.7. The van der Waals surface area contributed by atoms with E-state index in [9.17, 15) is 9.50 Å². The van der Waals surface area contributed by atoms with Crippen LogP contribution in [0.3, 0.4) is 0 Å². The number of benzene rings is 1. The minimum absolute atomic E-state index is 0.238. The normalized spacial score (nSPS) is 12.4. The summed E-state index contributed by atoms with van der Waals surface area (Å²) >= 11 is 0. The van der Waals surface area contributed by atoms with Crippen LogP contribution in [0.4, 0.5) is 4.39 Å². The van der Waals surface area contributed by atoms with Gasteiger partial charge in [-0.2, -0.15) is 0 Å². The second-order valence-electron chi connectivity index (χ2n) is 3.69. The number of hydrogen-bond acceptors (Lipinski definition) is 3. The molecule has 0 saturated carbocycles. The van der Waals surface area contributed by atoms with Crippen LogP contribution >= 0.6 is 0 Å². The molecule has 1 atom stereocenters. The van der Waals surface area contributed by atoms with Gasteiger partial charge in [0.25, 0.3) is 0 Å². The van der Waals surface area contributed by atoms with Crippen LogP contribution in [0.15, 0.2) is 41.0 Å². The third-order valence-corrected chi connectivity index (χ3v) is 2.54. The van der Waals surface area contributed by atoms with Gasteiger partial charge < -0.3 is 14.3 Å². The largest absolute Gasteiger partial charge is 0.497 e. The van der Waals surface area contributed by atoms with Crippen molar-refractivity contribution in [3.05, 3.63) is 53.7 Å². The van der Waals surface area contributed by atoms with Gasteiger partial charge in [-0.1, -0.05) is 0 Å². The van der Waals surface area contributed by atoms with Gasteiger partial charge >= 0.3 is 0 Å². The molecule has 1 N–H and O–H groups in total. The number of methoxy groups -OCH3 is 1. The van der Waals surface area contributed by atoms with Crippen molar-refractivity contribution < 1.29 is 18.7 Å². The highest BCUT2D eigenvalue weighted by molar-refractivity contribution is 5.30. The third kappa shape index (κ3) is 2.65. The van der Waals surface area contributed by atoms with Crippen LogP contribution < -0.4 is 4.74 Å². The maximum atomic E-state index is 13.6. The molecule has 90 valence electrons. The average molecular weight is 236 g/mol. The molecule has 17 heavy (non-hydrogen) atoms. The molecule has 3 nitrogen and oxygen atoms in total. The number of aliphatic hydroxyl groups is 1. The predicted octanol–water partition coefficient (Wildman–Crippen LogP) is 2.70. The molecule has 2 rings (SSSR count). The molecule has 0 saturated heterocycles. The SMILES string of the molecule is COc1ccc(C(O)Cc2ccco2)c(F)c1. The van der Waals surface area contributed by atoms with E-state index >= 15 is 0 Å². The molecule has 4 heteroatoms. The van der Waals surface area contributed by atoms with E-state index in [1.54, 1.807) is 18.2 Å². The van der Waals surface area contributed by atoms with Gasteiger partial charge in [0, 0.05) is 18.1 Å². The summed E-state index contributed by atoms with van der Waals surface area (Å²) in [6.45, 7) is 0.